The summed E-state index contributed by atoms with van der Waals surface area (Å²) in [6, 6.07) is 5.26. The SMILES string of the molecule is CCN(CCC(=O)O)C(=O)C1Cc2cc(Cl)ccc2O1. The topological polar surface area (TPSA) is 66.8 Å². The average Bonchev–Trinajstić information content (AvgIpc) is 2.81. The molecule has 1 heterocycles. The summed E-state index contributed by atoms with van der Waals surface area (Å²) in [5.41, 5.74) is 0.908. The zero-order valence-corrected chi connectivity index (χ0v) is 11.9. The molecule has 1 N–H and O–H groups in total. The predicted molar refractivity (Wildman–Crippen MR) is 74.1 cm³/mol. The molecule has 0 fully saturated rings. The summed E-state index contributed by atoms with van der Waals surface area (Å²) in [7, 11) is 0. The lowest BCUT2D eigenvalue weighted by molar-refractivity contribution is -0.140. The molecule has 1 aromatic carbocycles. The summed E-state index contributed by atoms with van der Waals surface area (Å²) in [5, 5.41) is 9.30. The molecule has 0 saturated heterocycles. The number of aliphatic carboxylic acids is 1. The molecular weight excluding hydrogens is 282 g/mol. The minimum Gasteiger partial charge on any atom is -0.481 e. The van der Waals surface area contributed by atoms with Crippen molar-refractivity contribution in [2.45, 2.75) is 25.9 Å². The van der Waals surface area contributed by atoms with E-state index in [2.05, 4.69) is 0 Å². The lowest BCUT2D eigenvalue weighted by Gasteiger charge is -2.23. The van der Waals surface area contributed by atoms with Crippen LogP contribution in [0.5, 0.6) is 5.75 Å². The number of hydrogen-bond acceptors (Lipinski definition) is 3. The van der Waals surface area contributed by atoms with Crippen LogP contribution in [0.15, 0.2) is 18.2 Å². The second-order valence-corrected chi connectivity index (χ2v) is 5.06. The van der Waals surface area contributed by atoms with Gasteiger partial charge >= 0.3 is 5.97 Å². The van der Waals surface area contributed by atoms with Gasteiger partial charge in [-0.2, -0.15) is 0 Å². The van der Waals surface area contributed by atoms with Crippen LogP contribution in [0.2, 0.25) is 5.02 Å². The highest BCUT2D eigenvalue weighted by Gasteiger charge is 2.32. The Morgan fingerprint density at radius 3 is 2.90 bits per heavy atom. The Labute approximate surface area is 122 Å². The van der Waals surface area contributed by atoms with E-state index in [9.17, 15) is 9.59 Å². The predicted octanol–water partition coefficient (Wildman–Crippen LogP) is 1.97. The molecule has 2 rings (SSSR count). The molecule has 0 spiro atoms. The first-order valence-corrected chi connectivity index (χ1v) is 6.84. The van der Waals surface area contributed by atoms with Gasteiger partial charge in [-0.15, -0.1) is 0 Å². The van der Waals surface area contributed by atoms with Crippen molar-refractivity contribution in [1.82, 2.24) is 4.90 Å². The van der Waals surface area contributed by atoms with Crippen molar-refractivity contribution in [3.05, 3.63) is 28.8 Å². The van der Waals surface area contributed by atoms with Crippen molar-refractivity contribution >= 4 is 23.5 Å². The smallest absolute Gasteiger partial charge is 0.305 e. The van der Waals surface area contributed by atoms with Crippen LogP contribution in [-0.2, 0) is 16.0 Å². The summed E-state index contributed by atoms with van der Waals surface area (Å²) >= 11 is 5.91. The second kappa shape index (κ2) is 6.13. The van der Waals surface area contributed by atoms with Gasteiger partial charge in [-0.25, -0.2) is 0 Å². The van der Waals surface area contributed by atoms with Gasteiger partial charge in [0.05, 0.1) is 6.42 Å². The molecule has 1 unspecified atom stereocenters. The number of carboxylic acids is 1. The fourth-order valence-electron chi connectivity index (χ4n) is 2.21. The molecule has 1 aromatic rings. The van der Waals surface area contributed by atoms with E-state index in [0.29, 0.717) is 23.7 Å². The van der Waals surface area contributed by atoms with Gasteiger partial charge in [0, 0.05) is 24.5 Å². The van der Waals surface area contributed by atoms with Crippen molar-refractivity contribution in [3.63, 3.8) is 0 Å². The Balaban J connectivity index is 2.02. The van der Waals surface area contributed by atoms with E-state index < -0.39 is 12.1 Å². The molecule has 1 amide bonds. The molecule has 1 aliphatic heterocycles. The fourth-order valence-corrected chi connectivity index (χ4v) is 2.41. The molecule has 5 nitrogen and oxygen atoms in total. The minimum atomic E-state index is -0.918. The fraction of sp³-hybridized carbons (Fsp3) is 0.429. The number of halogens is 1. The van der Waals surface area contributed by atoms with Crippen LogP contribution in [0.1, 0.15) is 18.9 Å². The van der Waals surface area contributed by atoms with E-state index in [0.717, 1.165) is 5.56 Å². The third kappa shape index (κ3) is 3.22. The molecule has 6 heteroatoms. The molecule has 0 aromatic heterocycles. The van der Waals surface area contributed by atoms with Crippen LogP contribution in [-0.4, -0.2) is 41.1 Å². The normalized spacial score (nSPS) is 16.4. The molecule has 1 aliphatic rings. The van der Waals surface area contributed by atoms with Crippen LogP contribution < -0.4 is 4.74 Å². The quantitative estimate of drug-likeness (QED) is 0.902. The first-order chi connectivity index (χ1) is 9.51. The molecule has 0 bridgehead atoms. The van der Waals surface area contributed by atoms with Gasteiger partial charge in [-0.3, -0.25) is 9.59 Å². The number of ether oxygens (including phenoxy) is 1. The first-order valence-electron chi connectivity index (χ1n) is 6.47. The molecule has 1 atom stereocenters. The van der Waals surface area contributed by atoms with Crippen molar-refractivity contribution < 1.29 is 19.4 Å². The third-order valence-corrected chi connectivity index (χ3v) is 3.50. The molecule has 108 valence electrons. The van der Waals surface area contributed by atoms with Crippen LogP contribution in [0.3, 0.4) is 0 Å². The summed E-state index contributed by atoms with van der Waals surface area (Å²) in [6.07, 6.45) is -0.180. The number of amides is 1. The third-order valence-electron chi connectivity index (χ3n) is 3.26. The highest BCUT2D eigenvalue weighted by Crippen LogP contribution is 2.31. The zero-order valence-electron chi connectivity index (χ0n) is 11.1. The van der Waals surface area contributed by atoms with E-state index >= 15 is 0 Å². The van der Waals surface area contributed by atoms with Crippen molar-refractivity contribution in [2.24, 2.45) is 0 Å². The zero-order chi connectivity index (χ0) is 14.7. The van der Waals surface area contributed by atoms with E-state index in [4.69, 9.17) is 21.4 Å². The number of fused-ring (bicyclic) bond motifs is 1. The highest BCUT2D eigenvalue weighted by atomic mass is 35.5. The molecule has 0 saturated carbocycles. The summed E-state index contributed by atoms with van der Waals surface area (Å²) in [6.45, 7) is 2.48. The van der Waals surface area contributed by atoms with Crippen molar-refractivity contribution in [1.29, 1.82) is 0 Å². The highest BCUT2D eigenvalue weighted by molar-refractivity contribution is 6.30. The monoisotopic (exact) mass is 297 g/mol. The summed E-state index contributed by atoms with van der Waals surface area (Å²) in [5.74, 6) is -0.429. The lowest BCUT2D eigenvalue weighted by atomic mass is 10.1. The Kier molecular flexibility index (Phi) is 4.49. The number of carbonyl (C=O) groups is 2. The largest absolute Gasteiger partial charge is 0.481 e. The molecule has 20 heavy (non-hydrogen) atoms. The Morgan fingerprint density at radius 1 is 1.50 bits per heavy atom. The van der Waals surface area contributed by atoms with Crippen LogP contribution in [0.4, 0.5) is 0 Å². The number of likely N-dealkylation sites (N-methyl/N-ethyl adjacent to an activating group) is 1. The number of hydrogen-bond donors (Lipinski definition) is 1. The number of carbonyl (C=O) groups excluding carboxylic acids is 1. The number of benzene rings is 1. The maximum atomic E-state index is 12.3. The Bertz CT molecular complexity index is 532. The van der Waals surface area contributed by atoms with E-state index in [1.54, 1.807) is 18.2 Å². The molecular formula is C14H16ClNO4. The summed E-state index contributed by atoms with van der Waals surface area (Å²) in [4.78, 5) is 24.4. The minimum absolute atomic E-state index is 0.0644. The van der Waals surface area contributed by atoms with Crippen LogP contribution in [0.25, 0.3) is 0 Å². The van der Waals surface area contributed by atoms with Gasteiger partial charge in [0.15, 0.2) is 6.10 Å². The second-order valence-electron chi connectivity index (χ2n) is 4.62. The number of nitrogens with zero attached hydrogens (tertiary/aromatic N) is 1. The van der Waals surface area contributed by atoms with Crippen LogP contribution >= 0.6 is 11.6 Å². The number of carboxylic acid groups (broad SMARTS) is 1. The van der Waals surface area contributed by atoms with Gasteiger partial charge in [-0.05, 0) is 30.7 Å². The van der Waals surface area contributed by atoms with E-state index in [1.807, 2.05) is 6.92 Å². The van der Waals surface area contributed by atoms with E-state index in [1.165, 1.54) is 4.90 Å². The molecule has 0 radical (unpaired) electrons. The lowest BCUT2D eigenvalue weighted by Crippen LogP contribution is -2.42. The average molecular weight is 298 g/mol. The van der Waals surface area contributed by atoms with Gasteiger partial charge in [0.2, 0.25) is 0 Å². The number of rotatable bonds is 5. The summed E-state index contributed by atoms with van der Waals surface area (Å²) < 4.78 is 5.62. The first kappa shape index (κ1) is 14.7. The van der Waals surface area contributed by atoms with Gasteiger partial charge in [0.1, 0.15) is 5.75 Å². The van der Waals surface area contributed by atoms with Gasteiger partial charge in [0.25, 0.3) is 5.91 Å². The Morgan fingerprint density at radius 2 is 2.25 bits per heavy atom. The van der Waals surface area contributed by atoms with Crippen molar-refractivity contribution in [3.8, 4) is 5.75 Å². The standard InChI is InChI=1S/C14H16ClNO4/c1-2-16(6-5-13(17)18)14(19)12-8-9-7-10(15)3-4-11(9)20-12/h3-4,7,12H,2,5-6,8H2,1H3,(H,17,18). The van der Waals surface area contributed by atoms with Gasteiger partial charge < -0.3 is 14.7 Å². The Hall–Kier alpha value is -1.75. The van der Waals surface area contributed by atoms with Crippen LogP contribution in [0, 0.1) is 0 Å². The maximum Gasteiger partial charge on any atom is 0.305 e. The van der Waals surface area contributed by atoms with E-state index in [-0.39, 0.29) is 18.9 Å². The van der Waals surface area contributed by atoms with Crippen molar-refractivity contribution in [2.75, 3.05) is 13.1 Å². The van der Waals surface area contributed by atoms with Gasteiger partial charge in [-0.1, -0.05) is 11.6 Å². The molecule has 0 aliphatic carbocycles. The maximum absolute atomic E-state index is 12.3.